The topological polar surface area (TPSA) is 57.8 Å². The van der Waals surface area contributed by atoms with Gasteiger partial charge in [-0.25, -0.2) is 0 Å². The summed E-state index contributed by atoms with van der Waals surface area (Å²) in [6.45, 7) is 0. The first-order chi connectivity index (χ1) is 10.6. The van der Waals surface area contributed by atoms with Gasteiger partial charge in [-0.15, -0.1) is 0 Å². The van der Waals surface area contributed by atoms with Crippen LogP contribution < -0.4 is 5.32 Å². The molecule has 0 spiro atoms. The summed E-state index contributed by atoms with van der Waals surface area (Å²) in [6, 6.07) is 16.0. The molecule has 0 aliphatic heterocycles. The molecule has 0 unspecified atom stereocenters. The van der Waals surface area contributed by atoms with Crippen molar-refractivity contribution in [2.75, 3.05) is 5.32 Å². The zero-order chi connectivity index (χ0) is 15.5. The average Bonchev–Trinajstić information content (AvgIpc) is 2.90. The highest BCUT2D eigenvalue weighted by Gasteiger charge is 2.15. The molecule has 1 amide bonds. The second kappa shape index (κ2) is 6.22. The Labute approximate surface area is 137 Å². The van der Waals surface area contributed by atoms with E-state index in [1.165, 1.54) is 0 Å². The third kappa shape index (κ3) is 2.98. The molecule has 0 fully saturated rings. The van der Waals surface area contributed by atoms with Crippen LogP contribution in [-0.2, 0) is 0 Å². The van der Waals surface area contributed by atoms with Crippen molar-refractivity contribution in [3.63, 3.8) is 0 Å². The minimum atomic E-state index is -0.267. The standard InChI is InChI=1S/C16H11Cl2N3O/c17-12-8-6-10(7-9-12)14-13(18)15(21-20-14)19-16(22)11-4-2-1-3-5-11/h1-9H,(H2,19,20,21,22). The fourth-order valence-corrected chi connectivity index (χ4v) is 2.36. The maximum absolute atomic E-state index is 12.1. The molecule has 1 aromatic heterocycles. The van der Waals surface area contributed by atoms with Crippen molar-refractivity contribution in [2.24, 2.45) is 0 Å². The summed E-state index contributed by atoms with van der Waals surface area (Å²) >= 11 is 12.2. The Morgan fingerprint density at radius 2 is 1.68 bits per heavy atom. The fourth-order valence-electron chi connectivity index (χ4n) is 1.99. The third-order valence-electron chi connectivity index (χ3n) is 3.11. The summed E-state index contributed by atoms with van der Waals surface area (Å²) in [4.78, 5) is 12.1. The number of nitrogens with zero attached hydrogens (tertiary/aromatic N) is 1. The molecule has 0 bridgehead atoms. The number of aromatic nitrogens is 2. The van der Waals surface area contributed by atoms with Crippen LogP contribution in [0.2, 0.25) is 10.0 Å². The summed E-state index contributed by atoms with van der Waals surface area (Å²) in [5, 5.41) is 10.6. The molecule has 2 N–H and O–H groups in total. The molecule has 3 aromatic rings. The van der Waals surface area contributed by atoms with Crippen molar-refractivity contribution in [3.05, 3.63) is 70.2 Å². The van der Waals surface area contributed by atoms with E-state index >= 15 is 0 Å². The lowest BCUT2D eigenvalue weighted by Gasteiger charge is -2.02. The number of anilines is 1. The van der Waals surface area contributed by atoms with E-state index in [0.29, 0.717) is 27.1 Å². The van der Waals surface area contributed by atoms with Crippen LogP contribution in [0.1, 0.15) is 10.4 Å². The highest BCUT2D eigenvalue weighted by atomic mass is 35.5. The Morgan fingerprint density at radius 3 is 2.36 bits per heavy atom. The Morgan fingerprint density at radius 1 is 1.00 bits per heavy atom. The Balaban J connectivity index is 1.85. The van der Waals surface area contributed by atoms with Gasteiger partial charge in [0.25, 0.3) is 5.91 Å². The first-order valence-electron chi connectivity index (χ1n) is 6.51. The maximum atomic E-state index is 12.1. The van der Waals surface area contributed by atoms with Crippen LogP contribution >= 0.6 is 23.2 Å². The Hall–Kier alpha value is -2.30. The van der Waals surface area contributed by atoms with Crippen LogP contribution in [0.4, 0.5) is 5.82 Å². The van der Waals surface area contributed by atoms with Crippen molar-refractivity contribution in [3.8, 4) is 11.3 Å². The predicted molar refractivity (Wildman–Crippen MR) is 88.4 cm³/mol. The van der Waals surface area contributed by atoms with E-state index in [9.17, 15) is 4.79 Å². The van der Waals surface area contributed by atoms with Crippen LogP contribution in [0.15, 0.2) is 54.6 Å². The first-order valence-corrected chi connectivity index (χ1v) is 7.27. The SMILES string of the molecule is O=C(Nc1n[nH]c(-c2ccc(Cl)cc2)c1Cl)c1ccccc1. The Bertz CT molecular complexity index is 798. The van der Waals surface area contributed by atoms with Gasteiger partial charge in [-0.1, -0.05) is 53.5 Å². The number of rotatable bonds is 3. The van der Waals surface area contributed by atoms with E-state index in [0.717, 1.165) is 5.56 Å². The minimum absolute atomic E-state index is 0.267. The smallest absolute Gasteiger partial charge is 0.256 e. The highest BCUT2D eigenvalue weighted by molar-refractivity contribution is 6.36. The maximum Gasteiger partial charge on any atom is 0.256 e. The third-order valence-corrected chi connectivity index (χ3v) is 3.73. The lowest BCUT2D eigenvalue weighted by atomic mass is 10.1. The van der Waals surface area contributed by atoms with E-state index in [1.807, 2.05) is 18.2 Å². The summed E-state index contributed by atoms with van der Waals surface area (Å²) in [7, 11) is 0. The molecule has 0 atom stereocenters. The Kier molecular flexibility index (Phi) is 4.13. The van der Waals surface area contributed by atoms with Gasteiger partial charge in [-0.3, -0.25) is 9.89 Å². The summed E-state index contributed by atoms with van der Waals surface area (Å²) < 4.78 is 0. The number of amides is 1. The lowest BCUT2D eigenvalue weighted by Crippen LogP contribution is -2.12. The predicted octanol–water partition coefficient (Wildman–Crippen LogP) is 4.64. The second-order valence-corrected chi connectivity index (χ2v) is 5.40. The van der Waals surface area contributed by atoms with E-state index in [4.69, 9.17) is 23.2 Å². The molecule has 3 rings (SSSR count). The normalized spacial score (nSPS) is 10.5. The first kappa shape index (κ1) is 14.6. The quantitative estimate of drug-likeness (QED) is 0.734. The lowest BCUT2D eigenvalue weighted by molar-refractivity contribution is 0.102. The summed E-state index contributed by atoms with van der Waals surface area (Å²) in [6.07, 6.45) is 0. The van der Waals surface area contributed by atoms with Crippen LogP contribution in [0.25, 0.3) is 11.3 Å². The van der Waals surface area contributed by atoms with E-state index < -0.39 is 0 Å². The van der Waals surface area contributed by atoms with E-state index in [2.05, 4.69) is 15.5 Å². The van der Waals surface area contributed by atoms with Crippen molar-refractivity contribution in [1.29, 1.82) is 0 Å². The van der Waals surface area contributed by atoms with Crippen LogP contribution in [0.3, 0.4) is 0 Å². The van der Waals surface area contributed by atoms with Crippen LogP contribution in [0, 0.1) is 0 Å². The molecular formula is C16H11Cl2N3O. The number of nitrogens with one attached hydrogen (secondary N) is 2. The van der Waals surface area contributed by atoms with Crippen molar-refractivity contribution < 1.29 is 4.79 Å². The molecule has 0 aliphatic rings. The van der Waals surface area contributed by atoms with Gasteiger partial charge in [0.1, 0.15) is 5.02 Å². The highest BCUT2D eigenvalue weighted by Crippen LogP contribution is 2.32. The summed E-state index contributed by atoms with van der Waals surface area (Å²) in [5.41, 5.74) is 2.00. The largest absolute Gasteiger partial charge is 0.304 e. The average molecular weight is 332 g/mol. The van der Waals surface area contributed by atoms with Gasteiger partial charge in [-0.05, 0) is 24.3 Å². The number of carbonyl (C=O) groups is 1. The zero-order valence-corrected chi connectivity index (χ0v) is 12.8. The number of benzene rings is 2. The van der Waals surface area contributed by atoms with Crippen LogP contribution in [-0.4, -0.2) is 16.1 Å². The van der Waals surface area contributed by atoms with E-state index in [1.54, 1.807) is 36.4 Å². The van der Waals surface area contributed by atoms with Crippen molar-refractivity contribution in [1.82, 2.24) is 10.2 Å². The van der Waals surface area contributed by atoms with Gasteiger partial charge in [0, 0.05) is 16.1 Å². The molecule has 0 saturated heterocycles. The van der Waals surface area contributed by atoms with Crippen molar-refractivity contribution >= 4 is 34.9 Å². The van der Waals surface area contributed by atoms with Gasteiger partial charge < -0.3 is 5.32 Å². The number of H-pyrrole nitrogens is 1. The molecule has 0 saturated carbocycles. The summed E-state index contributed by atoms with van der Waals surface area (Å²) in [5.74, 6) is 0.0251. The molecule has 2 aromatic carbocycles. The van der Waals surface area contributed by atoms with Gasteiger partial charge in [0.05, 0.1) is 5.69 Å². The van der Waals surface area contributed by atoms with Gasteiger partial charge in [0.2, 0.25) is 0 Å². The number of aromatic amines is 1. The number of carbonyl (C=O) groups excluding carboxylic acids is 1. The molecule has 0 aliphatic carbocycles. The number of hydrogen-bond acceptors (Lipinski definition) is 2. The van der Waals surface area contributed by atoms with Gasteiger partial charge in [-0.2, -0.15) is 5.10 Å². The molecule has 22 heavy (non-hydrogen) atoms. The minimum Gasteiger partial charge on any atom is -0.304 e. The van der Waals surface area contributed by atoms with Crippen molar-refractivity contribution in [2.45, 2.75) is 0 Å². The van der Waals surface area contributed by atoms with Gasteiger partial charge in [0.15, 0.2) is 5.82 Å². The molecule has 1 heterocycles. The van der Waals surface area contributed by atoms with Crippen LogP contribution in [0.5, 0.6) is 0 Å². The molecule has 6 heteroatoms. The monoisotopic (exact) mass is 331 g/mol. The van der Waals surface area contributed by atoms with Gasteiger partial charge >= 0.3 is 0 Å². The molecule has 0 radical (unpaired) electrons. The molecule has 4 nitrogen and oxygen atoms in total. The second-order valence-electron chi connectivity index (χ2n) is 4.59. The zero-order valence-electron chi connectivity index (χ0n) is 11.3. The molecular weight excluding hydrogens is 321 g/mol. The fraction of sp³-hybridized carbons (Fsp3) is 0. The number of hydrogen-bond donors (Lipinski definition) is 2. The number of halogens is 2. The molecule has 110 valence electrons. The van der Waals surface area contributed by atoms with E-state index in [-0.39, 0.29) is 5.91 Å².